The summed E-state index contributed by atoms with van der Waals surface area (Å²) in [7, 11) is 4.27. The maximum Gasteiger partial charge on any atom is 0.0197 e. The van der Waals surface area contributed by atoms with Gasteiger partial charge in [0.1, 0.15) is 0 Å². The van der Waals surface area contributed by atoms with Crippen molar-refractivity contribution in [3.63, 3.8) is 0 Å². The van der Waals surface area contributed by atoms with Crippen LogP contribution < -0.4 is 5.32 Å². The van der Waals surface area contributed by atoms with Crippen LogP contribution in [0.15, 0.2) is 0 Å². The molecule has 0 radical (unpaired) electrons. The van der Waals surface area contributed by atoms with Crippen LogP contribution in [0, 0.1) is 0 Å². The summed E-state index contributed by atoms with van der Waals surface area (Å²) in [6.07, 6.45) is 2.56. The first kappa shape index (κ1) is 12.9. The van der Waals surface area contributed by atoms with Gasteiger partial charge in [0.05, 0.1) is 0 Å². The average Bonchev–Trinajstić information content (AvgIpc) is 2.35. The van der Waals surface area contributed by atoms with E-state index in [4.69, 9.17) is 0 Å². The lowest BCUT2D eigenvalue weighted by atomic mass is 10.1. The number of hydrogen-bond donors (Lipinski definition) is 1. The second-order valence-corrected chi connectivity index (χ2v) is 4.94. The van der Waals surface area contributed by atoms with Gasteiger partial charge >= 0.3 is 0 Å². The minimum Gasteiger partial charge on any atom is -0.320 e. The Bertz CT molecular complexity index is 172. The summed E-state index contributed by atoms with van der Waals surface area (Å²) in [6.45, 7) is 9.57. The Hall–Kier alpha value is -0.120. The molecular weight excluding hydrogens is 186 g/mol. The molecule has 1 fully saturated rings. The van der Waals surface area contributed by atoms with Crippen molar-refractivity contribution in [2.45, 2.75) is 38.8 Å². The third kappa shape index (κ3) is 4.09. The molecule has 0 aromatic carbocycles. The van der Waals surface area contributed by atoms with Gasteiger partial charge in [0.15, 0.2) is 0 Å². The van der Waals surface area contributed by atoms with E-state index in [9.17, 15) is 0 Å². The van der Waals surface area contributed by atoms with Crippen LogP contribution >= 0.6 is 0 Å². The Morgan fingerprint density at radius 2 is 2.13 bits per heavy atom. The Morgan fingerprint density at radius 3 is 2.80 bits per heavy atom. The van der Waals surface area contributed by atoms with Gasteiger partial charge in [-0.1, -0.05) is 0 Å². The highest BCUT2D eigenvalue weighted by Crippen LogP contribution is 2.13. The zero-order valence-corrected chi connectivity index (χ0v) is 10.8. The molecule has 2 unspecified atom stereocenters. The van der Waals surface area contributed by atoms with Crippen molar-refractivity contribution >= 4 is 0 Å². The molecule has 1 aliphatic rings. The van der Waals surface area contributed by atoms with Crippen LogP contribution in [0.1, 0.15) is 26.7 Å². The fraction of sp³-hybridized carbons (Fsp3) is 1.00. The second-order valence-electron chi connectivity index (χ2n) is 4.94. The SMILES string of the molecule is CNCCC(C)N1CCCN(C)CC1C. The molecule has 0 aliphatic carbocycles. The Labute approximate surface area is 94.8 Å². The zero-order valence-electron chi connectivity index (χ0n) is 10.8. The molecule has 0 spiro atoms. The normalized spacial score (nSPS) is 27.6. The smallest absolute Gasteiger partial charge is 0.0197 e. The van der Waals surface area contributed by atoms with Crippen LogP contribution in [0.5, 0.6) is 0 Å². The number of rotatable bonds is 4. The van der Waals surface area contributed by atoms with Crippen LogP contribution in [0.4, 0.5) is 0 Å². The van der Waals surface area contributed by atoms with E-state index in [0.717, 1.165) is 6.54 Å². The lowest BCUT2D eigenvalue weighted by Gasteiger charge is -2.33. The highest BCUT2D eigenvalue weighted by molar-refractivity contribution is 4.79. The van der Waals surface area contributed by atoms with Crippen molar-refractivity contribution in [1.82, 2.24) is 15.1 Å². The summed E-state index contributed by atoms with van der Waals surface area (Å²) in [6, 6.07) is 1.41. The van der Waals surface area contributed by atoms with Crippen LogP contribution in [0.2, 0.25) is 0 Å². The van der Waals surface area contributed by atoms with E-state index in [2.05, 4.69) is 36.0 Å². The van der Waals surface area contributed by atoms with Crippen molar-refractivity contribution in [3.05, 3.63) is 0 Å². The van der Waals surface area contributed by atoms with Crippen molar-refractivity contribution in [1.29, 1.82) is 0 Å². The van der Waals surface area contributed by atoms with Gasteiger partial charge in [0.25, 0.3) is 0 Å². The fourth-order valence-corrected chi connectivity index (χ4v) is 2.56. The number of nitrogens with one attached hydrogen (secondary N) is 1. The molecule has 0 saturated carbocycles. The highest BCUT2D eigenvalue weighted by atomic mass is 15.2. The van der Waals surface area contributed by atoms with E-state index in [1.54, 1.807) is 0 Å². The highest BCUT2D eigenvalue weighted by Gasteiger charge is 2.23. The maximum absolute atomic E-state index is 3.24. The van der Waals surface area contributed by atoms with E-state index in [1.165, 1.54) is 32.5 Å². The van der Waals surface area contributed by atoms with E-state index in [1.807, 2.05) is 7.05 Å². The molecule has 0 aromatic heterocycles. The summed E-state index contributed by atoms with van der Waals surface area (Å²) in [5.41, 5.74) is 0. The van der Waals surface area contributed by atoms with Crippen LogP contribution in [-0.4, -0.2) is 62.2 Å². The first-order chi connectivity index (χ1) is 7.15. The van der Waals surface area contributed by atoms with Crippen molar-refractivity contribution < 1.29 is 0 Å². The Balaban J connectivity index is 2.43. The molecule has 1 heterocycles. The molecule has 1 rings (SSSR count). The van der Waals surface area contributed by atoms with Gasteiger partial charge < -0.3 is 10.2 Å². The quantitative estimate of drug-likeness (QED) is 0.752. The monoisotopic (exact) mass is 213 g/mol. The predicted octanol–water partition coefficient (Wildman–Crippen LogP) is 1.01. The third-order valence-corrected chi connectivity index (χ3v) is 3.48. The summed E-state index contributed by atoms with van der Waals surface area (Å²) in [5, 5.41) is 3.24. The molecular formula is C12H27N3. The number of nitrogens with zero attached hydrogens (tertiary/aromatic N) is 2. The van der Waals surface area contributed by atoms with Crippen LogP contribution in [0.3, 0.4) is 0 Å². The molecule has 90 valence electrons. The molecule has 1 saturated heterocycles. The molecule has 3 heteroatoms. The molecule has 3 nitrogen and oxygen atoms in total. The van der Waals surface area contributed by atoms with Crippen molar-refractivity contribution in [3.8, 4) is 0 Å². The third-order valence-electron chi connectivity index (χ3n) is 3.48. The van der Waals surface area contributed by atoms with Gasteiger partial charge in [-0.15, -0.1) is 0 Å². The standard InChI is InChI=1S/C12H27N3/c1-11(6-7-13-3)15-9-5-8-14(4)10-12(15)2/h11-13H,5-10H2,1-4H3. The van der Waals surface area contributed by atoms with Gasteiger partial charge in [-0.2, -0.15) is 0 Å². The largest absolute Gasteiger partial charge is 0.320 e. The summed E-state index contributed by atoms with van der Waals surface area (Å²) in [4.78, 5) is 5.12. The van der Waals surface area contributed by atoms with Gasteiger partial charge in [-0.25, -0.2) is 0 Å². The lowest BCUT2D eigenvalue weighted by molar-refractivity contribution is 0.146. The average molecular weight is 213 g/mol. The number of likely N-dealkylation sites (N-methyl/N-ethyl adjacent to an activating group) is 1. The van der Waals surface area contributed by atoms with Crippen LogP contribution in [0.25, 0.3) is 0 Å². The first-order valence-electron chi connectivity index (χ1n) is 6.24. The van der Waals surface area contributed by atoms with Gasteiger partial charge in [0, 0.05) is 18.6 Å². The predicted molar refractivity (Wildman–Crippen MR) is 66.3 cm³/mol. The minimum absolute atomic E-state index is 0.698. The zero-order chi connectivity index (χ0) is 11.3. The Kier molecular flexibility index (Phi) is 5.58. The first-order valence-corrected chi connectivity index (χ1v) is 6.24. The molecule has 15 heavy (non-hydrogen) atoms. The Morgan fingerprint density at radius 1 is 1.40 bits per heavy atom. The maximum atomic E-state index is 3.24. The summed E-state index contributed by atoms with van der Waals surface area (Å²) < 4.78 is 0. The van der Waals surface area contributed by atoms with Gasteiger partial charge in [-0.3, -0.25) is 4.90 Å². The van der Waals surface area contributed by atoms with E-state index in [0.29, 0.717) is 12.1 Å². The molecule has 1 aliphatic heterocycles. The molecule has 0 aromatic rings. The molecule has 0 bridgehead atoms. The molecule has 1 N–H and O–H groups in total. The van der Waals surface area contributed by atoms with Crippen LogP contribution in [-0.2, 0) is 0 Å². The number of hydrogen-bond acceptors (Lipinski definition) is 3. The lowest BCUT2D eigenvalue weighted by Crippen LogP contribution is -2.44. The summed E-state index contributed by atoms with van der Waals surface area (Å²) in [5.74, 6) is 0. The van der Waals surface area contributed by atoms with E-state index >= 15 is 0 Å². The minimum atomic E-state index is 0.698. The van der Waals surface area contributed by atoms with Crippen molar-refractivity contribution in [2.75, 3.05) is 40.3 Å². The molecule has 0 amide bonds. The topological polar surface area (TPSA) is 18.5 Å². The summed E-state index contributed by atoms with van der Waals surface area (Å²) >= 11 is 0. The van der Waals surface area contributed by atoms with Crippen molar-refractivity contribution in [2.24, 2.45) is 0 Å². The van der Waals surface area contributed by atoms with E-state index in [-0.39, 0.29) is 0 Å². The van der Waals surface area contributed by atoms with Gasteiger partial charge in [0.2, 0.25) is 0 Å². The fourth-order valence-electron chi connectivity index (χ4n) is 2.56. The molecule has 2 atom stereocenters. The van der Waals surface area contributed by atoms with Gasteiger partial charge in [-0.05, 0) is 60.4 Å². The second kappa shape index (κ2) is 6.46. The van der Waals surface area contributed by atoms with E-state index < -0.39 is 0 Å².